The molecule has 17 heavy (non-hydrogen) atoms. The predicted molar refractivity (Wildman–Crippen MR) is 79.6 cm³/mol. The highest BCUT2D eigenvalue weighted by molar-refractivity contribution is 9.09. The number of rotatable bonds is 9. The molecule has 0 aromatic heterocycles. The van der Waals surface area contributed by atoms with Crippen molar-refractivity contribution < 1.29 is 8.42 Å². The average Bonchev–Trinajstić information content (AvgIpc) is 2.30. The van der Waals surface area contributed by atoms with Gasteiger partial charge in [-0.1, -0.05) is 42.6 Å². The summed E-state index contributed by atoms with van der Waals surface area (Å²) in [5.74, 6) is 0.327. The van der Waals surface area contributed by atoms with Gasteiger partial charge in [-0.3, -0.25) is 0 Å². The summed E-state index contributed by atoms with van der Waals surface area (Å²) in [6.07, 6.45) is 5.31. The second-order valence-corrected chi connectivity index (χ2v) is 8.49. The fraction of sp³-hybridized carbons (Fsp3) is 1.00. The molecule has 4 heteroatoms. The van der Waals surface area contributed by atoms with Crippen LogP contribution in [0.15, 0.2) is 0 Å². The normalized spacial score (nSPS) is 16.1. The van der Waals surface area contributed by atoms with Crippen molar-refractivity contribution in [1.82, 2.24) is 0 Å². The van der Waals surface area contributed by atoms with Gasteiger partial charge in [-0.05, 0) is 38.5 Å². The number of halogens is 1. The van der Waals surface area contributed by atoms with E-state index in [4.69, 9.17) is 0 Å². The van der Waals surface area contributed by atoms with Crippen LogP contribution >= 0.6 is 15.9 Å². The molecule has 0 aliphatic heterocycles. The van der Waals surface area contributed by atoms with Gasteiger partial charge in [0, 0.05) is 5.33 Å². The molecule has 0 aliphatic carbocycles. The molecular weight excluding hydrogens is 300 g/mol. The van der Waals surface area contributed by atoms with Crippen molar-refractivity contribution in [2.75, 3.05) is 11.1 Å². The van der Waals surface area contributed by atoms with Gasteiger partial charge in [0.25, 0.3) is 0 Å². The van der Waals surface area contributed by atoms with Crippen LogP contribution in [-0.2, 0) is 9.84 Å². The summed E-state index contributed by atoms with van der Waals surface area (Å²) in [4.78, 5) is 0. The highest BCUT2D eigenvalue weighted by atomic mass is 79.9. The van der Waals surface area contributed by atoms with Gasteiger partial charge in [0.15, 0.2) is 9.84 Å². The van der Waals surface area contributed by atoms with Crippen molar-refractivity contribution in [2.45, 2.75) is 65.0 Å². The molecule has 0 rings (SSSR count). The Labute approximate surface area is 116 Å². The SMILES string of the molecule is CCCCC(CC)(CBr)CCS(=O)(=O)C(C)C. The van der Waals surface area contributed by atoms with Crippen LogP contribution in [0.4, 0.5) is 0 Å². The number of sulfone groups is 1. The van der Waals surface area contributed by atoms with Crippen molar-refractivity contribution in [3.8, 4) is 0 Å². The topological polar surface area (TPSA) is 34.1 Å². The van der Waals surface area contributed by atoms with E-state index in [1.165, 1.54) is 12.8 Å². The minimum atomic E-state index is -2.90. The molecule has 0 aromatic rings. The summed E-state index contributed by atoms with van der Waals surface area (Å²) in [5, 5.41) is 0.656. The van der Waals surface area contributed by atoms with Gasteiger partial charge in [-0.2, -0.15) is 0 Å². The van der Waals surface area contributed by atoms with E-state index < -0.39 is 9.84 Å². The quantitative estimate of drug-likeness (QED) is 0.595. The molecule has 0 saturated carbocycles. The van der Waals surface area contributed by atoms with Crippen LogP contribution in [-0.4, -0.2) is 24.8 Å². The van der Waals surface area contributed by atoms with Crippen LogP contribution in [0.3, 0.4) is 0 Å². The molecule has 104 valence electrons. The van der Waals surface area contributed by atoms with Gasteiger partial charge < -0.3 is 0 Å². The van der Waals surface area contributed by atoms with E-state index in [0.29, 0.717) is 5.75 Å². The Morgan fingerprint density at radius 2 is 1.76 bits per heavy atom. The Bertz CT molecular complexity index is 293. The zero-order valence-electron chi connectivity index (χ0n) is 11.6. The summed E-state index contributed by atoms with van der Waals surface area (Å²) in [6.45, 7) is 7.88. The third-order valence-electron chi connectivity index (χ3n) is 3.73. The van der Waals surface area contributed by atoms with E-state index in [0.717, 1.165) is 24.6 Å². The molecule has 0 radical (unpaired) electrons. The molecule has 1 unspecified atom stereocenters. The van der Waals surface area contributed by atoms with E-state index in [1.807, 2.05) is 0 Å². The monoisotopic (exact) mass is 326 g/mol. The van der Waals surface area contributed by atoms with Crippen LogP contribution in [0.5, 0.6) is 0 Å². The second kappa shape index (κ2) is 7.78. The number of hydrogen-bond donors (Lipinski definition) is 0. The van der Waals surface area contributed by atoms with Gasteiger partial charge in [-0.25, -0.2) is 8.42 Å². The minimum absolute atomic E-state index is 0.165. The maximum atomic E-state index is 11.9. The lowest BCUT2D eigenvalue weighted by Gasteiger charge is -2.31. The van der Waals surface area contributed by atoms with Crippen LogP contribution < -0.4 is 0 Å². The molecule has 0 aliphatic rings. The fourth-order valence-electron chi connectivity index (χ4n) is 1.85. The maximum Gasteiger partial charge on any atom is 0.152 e. The minimum Gasteiger partial charge on any atom is -0.229 e. The van der Waals surface area contributed by atoms with Crippen molar-refractivity contribution in [2.24, 2.45) is 5.41 Å². The largest absolute Gasteiger partial charge is 0.229 e. The molecule has 0 amide bonds. The Kier molecular flexibility index (Phi) is 7.97. The fourth-order valence-corrected chi connectivity index (χ4v) is 4.00. The molecule has 0 fully saturated rings. The molecule has 0 spiro atoms. The van der Waals surface area contributed by atoms with Gasteiger partial charge in [-0.15, -0.1) is 0 Å². The molecule has 0 N–H and O–H groups in total. The lowest BCUT2D eigenvalue weighted by Crippen LogP contribution is -2.28. The van der Waals surface area contributed by atoms with Crippen molar-refractivity contribution in [1.29, 1.82) is 0 Å². The highest BCUT2D eigenvalue weighted by Gasteiger charge is 2.29. The third-order valence-corrected chi connectivity index (χ3v) is 7.13. The first-order chi connectivity index (χ1) is 7.83. The molecule has 0 saturated heterocycles. The molecule has 0 aromatic carbocycles. The van der Waals surface area contributed by atoms with E-state index in [-0.39, 0.29) is 10.7 Å². The van der Waals surface area contributed by atoms with Gasteiger partial charge in [0.05, 0.1) is 11.0 Å². The van der Waals surface area contributed by atoms with Crippen molar-refractivity contribution in [3.05, 3.63) is 0 Å². The van der Waals surface area contributed by atoms with Gasteiger partial charge >= 0.3 is 0 Å². The molecule has 0 bridgehead atoms. The number of unbranched alkanes of at least 4 members (excludes halogenated alkanes) is 1. The number of alkyl halides is 1. The molecule has 0 heterocycles. The molecule has 1 atom stereocenters. The van der Waals surface area contributed by atoms with Gasteiger partial charge in [0.2, 0.25) is 0 Å². The van der Waals surface area contributed by atoms with Crippen LogP contribution in [0, 0.1) is 5.41 Å². The third kappa shape index (κ3) is 5.73. The Morgan fingerprint density at radius 3 is 2.12 bits per heavy atom. The average molecular weight is 327 g/mol. The van der Waals surface area contributed by atoms with Gasteiger partial charge in [0.1, 0.15) is 0 Å². The number of hydrogen-bond acceptors (Lipinski definition) is 2. The Hall–Kier alpha value is 0.430. The highest BCUT2D eigenvalue weighted by Crippen LogP contribution is 2.35. The summed E-state index contributed by atoms with van der Waals surface area (Å²) < 4.78 is 23.7. The summed E-state index contributed by atoms with van der Waals surface area (Å²) >= 11 is 3.57. The Morgan fingerprint density at radius 1 is 1.18 bits per heavy atom. The predicted octanol–water partition coefficient (Wildman–Crippen LogP) is 4.18. The van der Waals surface area contributed by atoms with E-state index in [1.54, 1.807) is 13.8 Å². The molecule has 2 nitrogen and oxygen atoms in total. The lowest BCUT2D eigenvalue weighted by molar-refractivity contribution is 0.275. The standard InChI is InChI=1S/C13H27BrO2S/c1-5-7-8-13(6-2,11-14)9-10-17(15,16)12(3)4/h12H,5-11H2,1-4H3. The van der Waals surface area contributed by atoms with Crippen molar-refractivity contribution in [3.63, 3.8) is 0 Å². The molecular formula is C13H27BrO2S. The lowest BCUT2D eigenvalue weighted by atomic mass is 9.80. The zero-order valence-corrected chi connectivity index (χ0v) is 14.0. The van der Waals surface area contributed by atoms with E-state index in [2.05, 4.69) is 29.8 Å². The zero-order chi connectivity index (χ0) is 13.5. The second-order valence-electron chi connectivity index (χ2n) is 5.26. The van der Waals surface area contributed by atoms with Crippen LogP contribution in [0.1, 0.15) is 59.8 Å². The first-order valence-electron chi connectivity index (χ1n) is 6.61. The maximum absolute atomic E-state index is 11.9. The first kappa shape index (κ1) is 17.4. The van der Waals surface area contributed by atoms with Crippen LogP contribution in [0.25, 0.3) is 0 Å². The first-order valence-corrected chi connectivity index (χ1v) is 9.44. The summed E-state index contributed by atoms with van der Waals surface area (Å²) in [5.41, 5.74) is 0.165. The van der Waals surface area contributed by atoms with Crippen LogP contribution in [0.2, 0.25) is 0 Å². The van der Waals surface area contributed by atoms with E-state index >= 15 is 0 Å². The van der Waals surface area contributed by atoms with E-state index in [9.17, 15) is 8.42 Å². The summed E-state index contributed by atoms with van der Waals surface area (Å²) in [6, 6.07) is 0. The Balaban J connectivity index is 4.56. The summed E-state index contributed by atoms with van der Waals surface area (Å²) in [7, 11) is -2.90. The smallest absolute Gasteiger partial charge is 0.152 e. The van der Waals surface area contributed by atoms with Crippen molar-refractivity contribution >= 4 is 25.8 Å².